The zero-order chi connectivity index (χ0) is 18.5. The number of ether oxygens (including phenoxy) is 2. The molecule has 0 aliphatic carbocycles. The van der Waals surface area contributed by atoms with Crippen molar-refractivity contribution in [1.29, 1.82) is 0 Å². The summed E-state index contributed by atoms with van der Waals surface area (Å²) < 4.78 is 10.7. The lowest BCUT2D eigenvalue weighted by molar-refractivity contribution is -0.153. The van der Waals surface area contributed by atoms with Gasteiger partial charge in [0.1, 0.15) is 12.2 Å². The zero-order valence-electron chi connectivity index (χ0n) is 15.7. The zero-order valence-corrected chi connectivity index (χ0v) is 15.7. The largest absolute Gasteiger partial charge is 0.463 e. The predicted octanol–water partition coefficient (Wildman–Crippen LogP) is 4.15. The quantitative estimate of drug-likeness (QED) is 0.840. The van der Waals surface area contributed by atoms with Gasteiger partial charge in [-0.15, -0.1) is 0 Å². The summed E-state index contributed by atoms with van der Waals surface area (Å²) in [5.74, 6) is -0.314. The van der Waals surface area contributed by atoms with Crippen molar-refractivity contribution in [3.8, 4) is 0 Å². The maximum Gasteiger partial charge on any atom is 0.408 e. The molecule has 0 saturated heterocycles. The molecule has 0 aromatic heterocycles. The topological polar surface area (TPSA) is 64.6 Å². The average molecular weight is 335 g/mol. The van der Waals surface area contributed by atoms with E-state index in [9.17, 15) is 9.59 Å². The molecule has 1 rings (SSSR count). The van der Waals surface area contributed by atoms with Crippen LogP contribution in [0.25, 0.3) is 0 Å². The van der Waals surface area contributed by atoms with E-state index in [-0.39, 0.29) is 12.6 Å². The summed E-state index contributed by atoms with van der Waals surface area (Å²) in [6.45, 7) is 12.8. The number of hydrogen-bond donors (Lipinski definition) is 1. The standard InChI is InChI=1S/C19H29NO4/c1-13-8-10-14(11-9-13)15(12-23-16(21)18(2,3)4)20-17(22)24-19(5,6)7/h8-11,15H,12H2,1-7H3,(H,20,22). The Hall–Kier alpha value is -2.04. The molecule has 1 amide bonds. The van der Waals surface area contributed by atoms with E-state index in [0.29, 0.717) is 0 Å². The summed E-state index contributed by atoms with van der Waals surface area (Å²) in [5, 5.41) is 2.78. The van der Waals surface area contributed by atoms with Crippen molar-refractivity contribution in [1.82, 2.24) is 5.32 Å². The Kier molecular flexibility index (Phi) is 6.41. The molecule has 0 aliphatic heterocycles. The van der Waals surface area contributed by atoms with Crippen LogP contribution < -0.4 is 5.32 Å². The number of benzene rings is 1. The molecule has 1 aromatic rings. The van der Waals surface area contributed by atoms with Crippen molar-refractivity contribution in [2.75, 3.05) is 6.61 Å². The van der Waals surface area contributed by atoms with Gasteiger partial charge in [0.25, 0.3) is 0 Å². The van der Waals surface area contributed by atoms with Crippen molar-refractivity contribution in [2.24, 2.45) is 5.41 Å². The highest BCUT2D eigenvalue weighted by Gasteiger charge is 2.26. The number of hydrogen-bond acceptors (Lipinski definition) is 4. The van der Waals surface area contributed by atoms with Gasteiger partial charge in [-0.1, -0.05) is 29.8 Å². The molecule has 1 N–H and O–H groups in total. The van der Waals surface area contributed by atoms with Gasteiger partial charge in [0.2, 0.25) is 0 Å². The third-order valence-electron chi connectivity index (χ3n) is 3.16. The number of rotatable bonds is 4. The molecule has 0 heterocycles. The Morgan fingerprint density at radius 1 is 1.04 bits per heavy atom. The van der Waals surface area contributed by atoms with E-state index >= 15 is 0 Å². The summed E-state index contributed by atoms with van der Waals surface area (Å²) >= 11 is 0. The van der Waals surface area contributed by atoms with Crippen LogP contribution in [0.2, 0.25) is 0 Å². The summed E-state index contributed by atoms with van der Waals surface area (Å²) in [5.41, 5.74) is 0.780. The van der Waals surface area contributed by atoms with Crippen LogP contribution in [0.15, 0.2) is 24.3 Å². The SMILES string of the molecule is Cc1ccc(C(COC(=O)C(C)(C)C)NC(=O)OC(C)(C)C)cc1. The number of carbonyl (C=O) groups is 2. The smallest absolute Gasteiger partial charge is 0.408 e. The number of carbonyl (C=O) groups excluding carboxylic acids is 2. The normalized spacial score (nSPS) is 13.1. The fraction of sp³-hybridized carbons (Fsp3) is 0.579. The predicted molar refractivity (Wildman–Crippen MR) is 93.7 cm³/mol. The van der Waals surface area contributed by atoms with Crippen LogP contribution in [0, 0.1) is 12.3 Å². The first-order chi connectivity index (χ1) is 10.9. The first-order valence-corrected chi connectivity index (χ1v) is 8.12. The molecule has 0 radical (unpaired) electrons. The van der Waals surface area contributed by atoms with Crippen molar-refractivity contribution in [3.63, 3.8) is 0 Å². The van der Waals surface area contributed by atoms with Gasteiger partial charge in [-0.2, -0.15) is 0 Å². The van der Waals surface area contributed by atoms with Crippen LogP contribution in [-0.2, 0) is 14.3 Å². The second-order valence-electron chi connectivity index (χ2n) is 7.96. The number of aryl methyl sites for hydroxylation is 1. The Bertz CT molecular complexity index is 565. The number of alkyl carbamates (subject to hydrolysis) is 1. The van der Waals surface area contributed by atoms with Gasteiger partial charge in [-0.25, -0.2) is 4.79 Å². The van der Waals surface area contributed by atoms with Crippen molar-refractivity contribution < 1.29 is 19.1 Å². The molecule has 0 spiro atoms. The highest BCUT2D eigenvalue weighted by molar-refractivity contribution is 5.75. The van der Waals surface area contributed by atoms with E-state index in [1.54, 1.807) is 41.5 Å². The number of amides is 1. The minimum Gasteiger partial charge on any atom is -0.463 e. The Morgan fingerprint density at radius 3 is 2.04 bits per heavy atom. The van der Waals surface area contributed by atoms with Crippen molar-refractivity contribution in [3.05, 3.63) is 35.4 Å². The molecule has 1 atom stereocenters. The van der Waals surface area contributed by atoms with E-state index in [1.165, 1.54) is 0 Å². The molecule has 0 saturated carbocycles. The average Bonchev–Trinajstić information content (AvgIpc) is 2.41. The summed E-state index contributed by atoms with van der Waals surface area (Å²) in [6, 6.07) is 7.24. The van der Waals surface area contributed by atoms with Crippen molar-refractivity contribution >= 4 is 12.1 Å². The maximum absolute atomic E-state index is 12.1. The lowest BCUT2D eigenvalue weighted by Gasteiger charge is -2.25. The summed E-state index contributed by atoms with van der Waals surface area (Å²) in [6.07, 6.45) is -0.542. The van der Waals surface area contributed by atoms with Gasteiger partial charge in [-0.05, 0) is 54.0 Å². The lowest BCUT2D eigenvalue weighted by atomic mass is 9.97. The summed E-state index contributed by atoms with van der Waals surface area (Å²) in [7, 11) is 0. The molecule has 1 aromatic carbocycles. The molecular weight excluding hydrogens is 306 g/mol. The minimum absolute atomic E-state index is 0.0540. The highest BCUT2D eigenvalue weighted by atomic mass is 16.6. The second-order valence-corrected chi connectivity index (χ2v) is 7.96. The summed E-state index contributed by atoms with van der Waals surface area (Å²) in [4.78, 5) is 24.1. The fourth-order valence-electron chi connectivity index (χ4n) is 1.85. The van der Waals surface area contributed by atoms with Gasteiger partial charge in [0.05, 0.1) is 11.5 Å². The lowest BCUT2D eigenvalue weighted by Crippen LogP contribution is -2.37. The molecule has 5 heteroatoms. The molecular formula is C19H29NO4. The van der Waals surface area contributed by atoms with Gasteiger partial charge in [0, 0.05) is 0 Å². The molecule has 0 aliphatic rings. The van der Waals surface area contributed by atoms with E-state index in [0.717, 1.165) is 11.1 Å². The minimum atomic E-state index is -0.594. The molecule has 134 valence electrons. The maximum atomic E-state index is 12.1. The van der Waals surface area contributed by atoms with Gasteiger partial charge >= 0.3 is 12.1 Å². The van der Waals surface area contributed by atoms with Crippen LogP contribution in [0.4, 0.5) is 4.79 Å². The molecule has 1 unspecified atom stereocenters. The van der Waals surface area contributed by atoms with Crippen LogP contribution in [0.3, 0.4) is 0 Å². The Morgan fingerprint density at radius 2 is 1.58 bits per heavy atom. The third kappa shape index (κ3) is 7.02. The highest BCUT2D eigenvalue weighted by Crippen LogP contribution is 2.20. The van der Waals surface area contributed by atoms with E-state index in [1.807, 2.05) is 31.2 Å². The molecule has 0 bridgehead atoms. The monoisotopic (exact) mass is 335 g/mol. The van der Waals surface area contributed by atoms with Gasteiger partial charge in [-0.3, -0.25) is 4.79 Å². The van der Waals surface area contributed by atoms with E-state index < -0.39 is 23.2 Å². The van der Waals surface area contributed by atoms with Gasteiger partial charge in [0.15, 0.2) is 0 Å². The van der Waals surface area contributed by atoms with Crippen molar-refractivity contribution in [2.45, 2.75) is 60.1 Å². The van der Waals surface area contributed by atoms with Crippen LogP contribution in [-0.4, -0.2) is 24.3 Å². The number of esters is 1. The number of nitrogens with one attached hydrogen (secondary N) is 1. The Labute approximate surface area is 144 Å². The Balaban J connectivity index is 2.85. The first kappa shape index (κ1) is 20.0. The van der Waals surface area contributed by atoms with E-state index in [2.05, 4.69) is 5.32 Å². The molecule has 0 fully saturated rings. The van der Waals surface area contributed by atoms with E-state index in [4.69, 9.17) is 9.47 Å². The second kappa shape index (κ2) is 7.69. The van der Waals surface area contributed by atoms with Crippen LogP contribution in [0.5, 0.6) is 0 Å². The fourth-order valence-corrected chi connectivity index (χ4v) is 1.85. The molecule has 24 heavy (non-hydrogen) atoms. The van der Waals surface area contributed by atoms with Crippen LogP contribution in [0.1, 0.15) is 58.7 Å². The first-order valence-electron chi connectivity index (χ1n) is 8.12. The van der Waals surface area contributed by atoms with Gasteiger partial charge < -0.3 is 14.8 Å². The van der Waals surface area contributed by atoms with Crippen LogP contribution >= 0.6 is 0 Å². The molecule has 5 nitrogen and oxygen atoms in total. The third-order valence-corrected chi connectivity index (χ3v) is 3.16.